The van der Waals surface area contributed by atoms with Gasteiger partial charge in [0.25, 0.3) is 0 Å². The summed E-state index contributed by atoms with van der Waals surface area (Å²) in [6, 6.07) is 5.36. The topological polar surface area (TPSA) is 68.0 Å². The Kier molecular flexibility index (Phi) is 3.06. The molecular formula is C12H9BrClN3O2. The highest BCUT2D eigenvalue weighted by molar-refractivity contribution is 9.10. The highest BCUT2D eigenvalue weighted by atomic mass is 79.9. The second-order valence-corrected chi connectivity index (χ2v) is 5.67. The summed E-state index contributed by atoms with van der Waals surface area (Å²) >= 11 is 9.37. The van der Waals surface area contributed by atoms with Crippen molar-refractivity contribution in [2.24, 2.45) is 0 Å². The van der Waals surface area contributed by atoms with Gasteiger partial charge in [-0.25, -0.2) is 9.48 Å². The van der Waals surface area contributed by atoms with Crippen molar-refractivity contribution in [1.82, 2.24) is 15.0 Å². The second-order valence-electron chi connectivity index (χ2n) is 4.41. The number of carbonyl (C=O) groups is 1. The minimum Gasteiger partial charge on any atom is -0.476 e. The molecule has 3 rings (SSSR count). The van der Waals surface area contributed by atoms with Gasteiger partial charge in [-0.3, -0.25) is 0 Å². The van der Waals surface area contributed by atoms with Gasteiger partial charge in [-0.1, -0.05) is 16.8 Å². The van der Waals surface area contributed by atoms with E-state index in [0.717, 1.165) is 23.0 Å². The van der Waals surface area contributed by atoms with Gasteiger partial charge in [0.05, 0.1) is 16.4 Å². The Balaban J connectivity index is 2.14. The van der Waals surface area contributed by atoms with E-state index in [1.54, 1.807) is 16.8 Å². The fraction of sp³-hybridized carbons (Fsp3) is 0.250. The van der Waals surface area contributed by atoms with Gasteiger partial charge in [0.15, 0.2) is 5.69 Å². The lowest BCUT2D eigenvalue weighted by Crippen LogP contribution is -2.05. The Labute approximate surface area is 122 Å². The van der Waals surface area contributed by atoms with Gasteiger partial charge in [0.2, 0.25) is 0 Å². The predicted octanol–water partition coefficient (Wildman–Crippen LogP) is 3.26. The normalized spacial score (nSPS) is 14.6. The molecule has 0 aliphatic heterocycles. The molecule has 0 atom stereocenters. The molecule has 7 heteroatoms. The second kappa shape index (κ2) is 4.61. The van der Waals surface area contributed by atoms with Crippen LogP contribution in [0.1, 0.15) is 34.9 Å². The van der Waals surface area contributed by atoms with E-state index in [-0.39, 0.29) is 11.6 Å². The maximum Gasteiger partial charge on any atom is 0.358 e. The first-order chi connectivity index (χ1) is 9.08. The number of hydrogen-bond acceptors (Lipinski definition) is 3. The van der Waals surface area contributed by atoms with Crippen LogP contribution in [-0.2, 0) is 0 Å². The number of hydrogen-bond donors (Lipinski definition) is 1. The third kappa shape index (κ3) is 2.26. The van der Waals surface area contributed by atoms with Gasteiger partial charge in [-0.15, -0.1) is 5.10 Å². The number of benzene rings is 1. The molecule has 1 N–H and O–H groups in total. The minimum atomic E-state index is -1.05. The average molecular weight is 343 g/mol. The molecule has 1 aromatic carbocycles. The first kappa shape index (κ1) is 12.6. The van der Waals surface area contributed by atoms with Crippen LogP contribution in [0.4, 0.5) is 0 Å². The maximum atomic E-state index is 11.2. The molecule has 1 aliphatic carbocycles. The van der Waals surface area contributed by atoms with E-state index in [2.05, 4.69) is 26.2 Å². The van der Waals surface area contributed by atoms with Crippen LogP contribution >= 0.6 is 27.5 Å². The van der Waals surface area contributed by atoms with E-state index >= 15 is 0 Å². The molecule has 1 aliphatic rings. The Morgan fingerprint density at radius 2 is 2.21 bits per heavy atom. The van der Waals surface area contributed by atoms with E-state index in [4.69, 9.17) is 16.7 Å². The quantitative estimate of drug-likeness (QED) is 0.929. The SMILES string of the molecule is O=C(O)c1nnn(-c2ccc(Br)c(Cl)c2)c1C1CC1. The molecule has 0 radical (unpaired) electrons. The Morgan fingerprint density at radius 1 is 1.47 bits per heavy atom. The van der Waals surface area contributed by atoms with Gasteiger partial charge in [-0.2, -0.15) is 0 Å². The zero-order chi connectivity index (χ0) is 13.6. The zero-order valence-corrected chi connectivity index (χ0v) is 12.0. The van der Waals surface area contributed by atoms with Crippen molar-refractivity contribution >= 4 is 33.5 Å². The molecule has 0 bridgehead atoms. The van der Waals surface area contributed by atoms with Crippen LogP contribution in [0, 0.1) is 0 Å². The van der Waals surface area contributed by atoms with Crippen LogP contribution in [0.3, 0.4) is 0 Å². The molecule has 1 aromatic heterocycles. The fourth-order valence-electron chi connectivity index (χ4n) is 1.97. The number of nitrogens with zero attached hydrogens (tertiary/aromatic N) is 3. The number of carboxylic acids is 1. The van der Waals surface area contributed by atoms with E-state index in [1.807, 2.05) is 6.07 Å². The molecular weight excluding hydrogens is 334 g/mol. The van der Waals surface area contributed by atoms with Crippen LogP contribution in [0.2, 0.25) is 5.02 Å². The van der Waals surface area contributed by atoms with E-state index < -0.39 is 5.97 Å². The van der Waals surface area contributed by atoms with Crippen LogP contribution in [0.25, 0.3) is 5.69 Å². The summed E-state index contributed by atoms with van der Waals surface area (Å²) in [6.45, 7) is 0. The Bertz CT molecular complexity index is 667. The zero-order valence-electron chi connectivity index (χ0n) is 9.68. The monoisotopic (exact) mass is 341 g/mol. The number of halogens is 2. The first-order valence-corrected chi connectivity index (χ1v) is 6.89. The van der Waals surface area contributed by atoms with Crippen LogP contribution in [0.15, 0.2) is 22.7 Å². The maximum absolute atomic E-state index is 11.2. The van der Waals surface area contributed by atoms with E-state index in [9.17, 15) is 4.79 Å². The molecule has 98 valence electrons. The van der Waals surface area contributed by atoms with Crippen molar-refractivity contribution < 1.29 is 9.90 Å². The standard InChI is InChI=1S/C12H9BrClN3O2/c13-8-4-3-7(5-9(8)14)17-11(6-1-2-6)10(12(18)19)15-16-17/h3-6H,1-2H2,(H,18,19). The molecule has 1 fully saturated rings. The van der Waals surface area contributed by atoms with Crippen LogP contribution < -0.4 is 0 Å². The van der Waals surface area contributed by atoms with Crippen molar-refractivity contribution in [3.63, 3.8) is 0 Å². The van der Waals surface area contributed by atoms with Gasteiger partial charge in [0, 0.05) is 10.4 Å². The summed E-state index contributed by atoms with van der Waals surface area (Å²) in [4.78, 5) is 11.2. The number of rotatable bonds is 3. The molecule has 0 unspecified atom stereocenters. The summed E-state index contributed by atoms with van der Waals surface area (Å²) in [5, 5.41) is 17.4. The van der Waals surface area contributed by atoms with Gasteiger partial charge in [-0.05, 0) is 47.0 Å². The summed E-state index contributed by atoms with van der Waals surface area (Å²) in [6.07, 6.45) is 1.94. The van der Waals surface area contributed by atoms with Crippen molar-refractivity contribution in [3.05, 3.63) is 39.1 Å². The highest BCUT2D eigenvalue weighted by Crippen LogP contribution is 2.42. The molecule has 19 heavy (non-hydrogen) atoms. The molecule has 0 spiro atoms. The van der Waals surface area contributed by atoms with Crippen LogP contribution in [-0.4, -0.2) is 26.1 Å². The van der Waals surface area contributed by atoms with Crippen molar-refractivity contribution in [2.45, 2.75) is 18.8 Å². The van der Waals surface area contributed by atoms with Crippen molar-refractivity contribution in [3.8, 4) is 5.69 Å². The Hall–Kier alpha value is -1.40. The number of carboxylic acid groups (broad SMARTS) is 1. The summed E-state index contributed by atoms with van der Waals surface area (Å²) in [5.74, 6) is -0.820. The molecule has 0 amide bonds. The third-order valence-electron chi connectivity index (χ3n) is 3.02. The summed E-state index contributed by atoms with van der Waals surface area (Å²) < 4.78 is 2.35. The van der Waals surface area contributed by atoms with Crippen LogP contribution in [0.5, 0.6) is 0 Å². The molecule has 2 aromatic rings. The highest BCUT2D eigenvalue weighted by Gasteiger charge is 2.34. The number of aromatic nitrogens is 3. The molecule has 1 heterocycles. The largest absolute Gasteiger partial charge is 0.476 e. The molecule has 5 nitrogen and oxygen atoms in total. The third-order valence-corrected chi connectivity index (χ3v) is 4.25. The lowest BCUT2D eigenvalue weighted by molar-refractivity contribution is 0.0689. The smallest absolute Gasteiger partial charge is 0.358 e. The van der Waals surface area contributed by atoms with Gasteiger partial charge < -0.3 is 5.11 Å². The average Bonchev–Trinajstić information content (AvgIpc) is 3.11. The summed E-state index contributed by atoms with van der Waals surface area (Å²) in [5.41, 5.74) is 1.41. The van der Waals surface area contributed by atoms with Gasteiger partial charge in [0.1, 0.15) is 0 Å². The lowest BCUT2D eigenvalue weighted by Gasteiger charge is -2.07. The van der Waals surface area contributed by atoms with Crippen molar-refractivity contribution in [1.29, 1.82) is 0 Å². The van der Waals surface area contributed by atoms with Crippen molar-refractivity contribution in [2.75, 3.05) is 0 Å². The lowest BCUT2D eigenvalue weighted by atomic mass is 10.2. The van der Waals surface area contributed by atoms with Gasteiger partial charge >= 0.3 is 5.97 Å². The fourth-order valence-corrected chi connectivity index (χ4v) is 2.39. The Morgan fingerprint density at radius 3 is 2.79 bits per heavy atom. The minimum absolute atomic E-state index is 0.0292. The van der Waals surface area contributed by atoms with E-state index in [1.165, 1.54) is 0 Å². The van der Waals surface area contributed by atoms with E-state index in [0.29, 0.717) is 10.7 Å². The first-order valence-electron chi connectivity index (χ1n) is 5.72. The summed E-state index contributed by atoms with van der Waals surface area (Å²) in [7, 11) is 0. The number of aromatic carboxylic acids is 1. The molecule has 0 saturated heterocycles. The predicted molar refractivity (Wildman–Crippen MR) is 73.0 cm³/mol. The molecule has 1 saturated carbocycles.